The van der Waals surface area contributed by atoms with E-state index in [1.165, 1.54) is 0 Å². The summed E-state index contributed by atoms with van der Waals surface area (Å²) in [5.41, 5.74) is 6.35. The molecule has 0 amide bonds. The summed E-state index contributed by atoms with van der Waals surface area (Å²) in [6, 6.07) is 0.377. The first-order valence-corrected chi connectivity index (χ1v) is 6.56. The average molecular weight is 265 g/mol. The van der Waals surface area contributed by atoms with Gasteiger partial charge in [-0.3, -0.25) is 0 Å². The molecule has 6 heteroatoms. The molecular weight excluding hydrogens is 246 g/mol. The van der Waals surface area contributed by atoms with Gasteiger partial charge in [0.2, 0.25) is 0 Å². The van der Waals surface area contributed by atoms with Crippen molar-refractivity contribution < 1.29 is 0 Å². The summed E-state index contributed by atoms with van der Waals surface area (Å²) in [5.74, 6) is 0.813. The van der Waals surface area contributed by atoms with Crippen molar-refractivity contribution in [3.8, 4) is 0 Å². The van der Waals surface area contributed by atoms with Gasteiger partial charge in [0.1, 0.15) is 10.7 Å². The Labute approximate surface area is 113 Å². The molecule has 1 aromatic rings. The standard InChI is InChI=1S/C12H19N5S/c1-9-8-16(2)6-3-7-17(9)12-10(11(13)18)14-4-5-15-12/h4-5,9H,3,6-8H2,1-2H3,(H2,13,18). The lowest BCUT2D eigenvalue weighted by molar-refractivity contribution is 0.337. The topological polar surface area (TPSA) is 58.3 Å². The first kappa shape index (κ1) is 13.2. The highest BCUT2D eigenvalue weighted by Crippen LogP contribution is 2.20. The molecule has 0 aliphatic carbocycles. The molecule has 2 heterocycles. The zero-order valence-electron chi connectivity index (χ0n) is 10.8. The van der Waals surface area contributed by atoms with Crippen LogP contribution in [-0.4, -0.2) is 52.6 Å². The van der Waals surface area contributed by atoms with E-state index in [4.69, 9.17) is 18.0 Å². The summed E-state index contributed by atoms with van der Waals surface area (Å²) in [5, 5.41) is 0. The fourth-order valence-electron chi connectivity index (χ4n) is 2.40. The summed E-state index contributed by atoms with van der Waals surface area (Å²) in [4.78, 5) is 13.6. The minimum atomic E-state index is 0.308. The van der Waals surface area contributed by atoms with E-state index in [9.17, 15) is 0 Å². The Morgan fingerprint density at radius 2 is 2.11 bits per heavy atom. The molecule has 5 nitrogen and oxygen atoms in total. The first-order chi connectivity index (χ1) is 8.59. The number of hydrogen-bond donors (Lipinski definition) is 1. The summed E-state index contributed by atoms with van der Waals surface area (Å²) >= 11 is 5.05. The van der Waals surface area contributed by atoms with E-state index in [0.29, 0.717) is 16.7 Å². The van der Waals surface area contributed by atoms with Crippen molar-refractivity contribution in [3.63, 3.8) is 0 Å². The molecule has 0 radical (unpaired) electrons. The Bertz CT molecular complexity index is 436. The minimum absolute atomic E-state index is 0.308. The zero-order valence-corrected chi connectivity index (χ0v) is 11.7. The lowest BCUT2D eigenvalue weighted by atomic mass is 10.2. The molecule has 0 bridgehead atoms. The van der Waals surface area contributed by atoms with Crippen LogP contribution < -0.4 is 10.6 Å². The molecule has 1 aliphatic heterocycles. The normalized spacial score (nSPS) is 21.7. The van der Waals surface area contributed by atoms with Crippen molar-refractivity contribution in [1.82, 2.24) is 14.9 Å². The maximum absolute atomic E-state index is 5.72. The Balaban J connectivity index is 2.32. The molecule has 2 rings (SSSR count). The van der Waals surface area contributed by atoms with Crippen LogP contribution in [-0.2, 0) is 0 Å². The van der Waals surface area contributed by atoms with Gasteiger partial charge in [0.05, 0.1) is 0 Å². The van der Waals surface area contributed by atoms with Crippen LogP contribution in [0.25, 0.3) is 0 Å². The van der Waals surface area contributed by atoms with E-state index in [1.54, 1.807) is 12.4 Å². The van der Waals surface area contributed by atoms with Crippen LogP contribution in [0.15, 0.2) is 12.4 Å². The number of aromatic nitrogens is 2. The molecule has 18 heavy (non-hydrogen) atoms. The highest BCUT2D eigenvalue weighted by Gasteiger charge is 2.23. The Morgan fingerprint density at radius 3 is 2.83 bits per heavy atom. The fourth-order valence-corrected chi connectivity index (χ4v) is 2.55. The molecule has 1 aliphatic rings. The predicted molar refractivity (Wildman–Crippen MR) is 76.8 cm³/mol. The Hall–Kier alpha value is -1.27. The smallest absolute Gasteiger partial charge is 0.157 e. The third kappa shape index (κ3) is 2.76. The van der Waals surface area contributed by atoms with Crippen LogP contribution in [0.5, 0.6) is 0 Å². The zero-order chi connectivity index (χ0) is 13.1. The van der Waals surface area contributed by atoms with E-state index in [2.05, 4.69) is 33.7 Å². The second-order valence-corrected chi connectivity index (χ2v) is 5.19. The van der Waals surface area contributed by atoms with E-state index >= 15 is 0 Å². The number of thiocarbonyl (C=S) groups is 1. The van der Waals surface area contributed by atoms with Gasteiger partial charge in [-0.1, -0.05) is 12.2 Å². The van der Waals surface area contributed by atoms with E-state index in [-0.39, 0.29) is 0 Å². The Kier molecular flexibility index (Phi) is 4.08. The maximum Gasteiger partial charge on any atom is 0.157 e. The van der Waals surface area contributed by atoms with Crippen LogP contribution in [0.3, 0.4) is 0 Å². The van der Waals surface area contributed by atoms with Crippen molar-refractivity contribution in [2.45, 2.75) is 19.4 Å². The number of anilines is 1. The molecule has 0 spiro atoms. The van der Waals surface area contributed by atoms with Crippen molar-refractivity contribution in [2.75, 3.05) is 31.6 Å². The highest BCUT2D eigenvalue weighted by molar-refractivity contribution is 7.80. The van der Waals surface area contributed by atoms with Gasteiger partial charge in [-0.25, -0.2) is 9.97 Å². The Morgan fingerprint density at radius 1 is 1.39 bits per heavy atom. The third-order valence-electron chi connectivity index (χ3n) is 3.23. The van der Waals surface area contributed by atoms with Crippen LogP contribution in [0, 0.1) is 0 Å². The van der Waals surface area contributed by atoms with Crippen molar-refractivity contribution in [1.29, 1.82) is 0 Å². The van der Waals surface area contributed by atoms with Gasteiger partial charge in [-0.05, 0) is 26.9 Å². The van der Waals surface area contributed by atoms with Crippen LogP contribution in [0.1, 0.15) is 19.0 Å². The highest BCUT2D eigenvalue weighted by atomic mass is 32.1. The van der Waals surface area contributed by atoms with Crippen molar-refractivity contribution in [2.24, 2.45) is 5.73 Å². The molecular formula is C12H19N5S. The summed E-state index contributed by atoms with van der Waals surface area (Å²) in [7, 11) is 2.14. The molecule has 2 N–H and O–H groups in total. The number of nitrogens with zero attached hydrogens (tertiary/aromatic N) is 4. The van der Waals surface area contributed by atoms with Crippen molar-refractivity contribution in [3.05, 3.63) is 18.1 Å². The first-order valence-electron chi connectivity index (χ1n) is 6.15. The molecule has 1 atom stereocenters. The van der Waals surface area contributed by atoms with Crippen LogP contribution >= 0.6 is 12.2 Å². The van der Waals surface area contributed by atoms with Crippen LogP contribution in [0.4, 0.5) is 5.82 Å². The minimum Gasteiger partial charge on any atom is -0.388 e. The quantitative estimate of drug-likeness (QED) is 0.792. The average Bonchev–Trinajstić information content (AvgIpc) is 2.50. The number of nitrogens with two attached hydrogens (primary N) is 1. The van der Waals surface area contributed by atoms with Crippen molar-refractivity contribution >= 4 is 23.0 Å². The molecule has 1 saturated heterocycles. The third-order valence-corrected chi connectivity index (χ3v) is 3.42. The molecule has 1 aromatic heterocycles. The maximum atomic E-state index is 5.72. The lowest BCUT2D eigenvalue weighted by Gasteiger charge is -2.29. The fraction of sp³-hybridized carbons (Fsp3) is 0.583. The predicted octanol–water partition coefficient (Wildman–Crippen LogP) is 0.641. The van der Waals surface area contributed by atoms with E-state index < -0.39 is 0 Å². The van der Waals surface area contributed by atoms with E-state index in [1.807, 2.05) is 0 Å². The monoisotopic (exact) mass is 265 g/mol. The van der Waals surface area contributed by atoms with Crippen LogP contribution in [0.2, 0.25) is 0 Å². The summed E-state index contributed by atoms with van der Waals surface area (Å²) in [6.07, 6.45) is 4.43. The number of rotatable bonds is 2. The van der Waals surface area contributed by atoms with Gasteiger partial charge < -0.3 is 15.5 Å². The summed E-state index contributed by atoms with van der Waals surface area (Å²) in [6.45, 7) is 5.26. The molecule has 98 valence electrons. The number of hydrogen-bond acceptors (Lipinski definition) is 5. The molecule has 1 fully saturated rings. The van der Waals surface area contributed by atoms with Gasteiger partial charge in [-0.15, -0.1) is 0 Å². The SMILES string of the molecule is CC1CN(C)CCCN1c1nccnc1C(N)=S. The second-order valence-electron chi connectivity index (χ2n) is 4.75. The second kappa shape index (κ2) is 5.58. The molecule has 0 saturated carbocycles. The van der Waals surface area contributed by atoms with E-state index in [0.717, 1.165) is 31.9 Å². The van der Waals surface area contributed by atoms with Gasteiger partial charge >= 0.3 is 0 Å². The molecule has 0 aromatic carbocycles. The summed E-state index contributed by atoms with van der Waals surface area (Å²) < 4.78 is 0. The van der Waals surface area contributed by atoms with Gasteiger partial charge in [0, 0.05) is 31.5 Å². The van der Waals surface area contributed by atoms with Gasteiger partial charge in [-0.2, -0.15) is 0 Å². The lowest BCUT2D eigenvalue weighted by Crippen LogP contribution is -2.39. The van der Waals surface area contributed by atoms with Gasteiger partial charge in [0.15, 0.2) is 5.82 Å². The van der Waals surface area contributed by atoms with Gasteiger partial charge in [0.25, 0.3) is 0 Å². The molecule has 1 unspecified atom stereocenters. The largest absolute Gasteiger partial charge is 0.388 e. The number of likely N-dealkylation sites (N-methyl/N-ethyl adjacent to an activating group) is 1.